The minimum absolute atomic E-state index is 0.143. The van der Waals surface area contributed by atoms with Crippen molar-refractivity contribution in [1.29, 1.82) is 0 Å². The molecule has 94 valence electrons. The van der Waals surface area contributed by atoms with Crippen LogP contribution in [0.1, 0.15) is 5.56 Å². The Morgan fingerprint density at radius 1 is 1.29 bits per heavy atom. The van der Waals surface area contributed by atoms with Gasteiger partial charge in [0.2, 0.25) is 0 Å². The second-order valence-corrected chi connectivity index (χ2v) is 4.11. The van der Waals surface area contributed by atoms with Gasteiger partial charge >= 0.3 is 0 Å². The van der Waals surface area contributed by atoms with Crippen molar-refractivity contribution in [1.82, 2.24) is 10.2 Å². The molecule has 0 atom stereocenters. The Labute approximate surface area is 99.4 Å². The maximum atomic E-state index is 13.5. The van der Waals surface area contributed by atoms with Gasteiger partial charge in [-0.15, -0.1) is 0 Å². The molecule has 1 aromatic rings. The topological polar surface area (TPSA) is 24.5 Å². The molecule has 0 spiro atoms. The van der Waals surface area contributed by atoms with Gasteiger partial charge in [-0.05, 0) is 6.07 Å². The number of nitrogens with one attached hydrogen (secondary N) is 1. The lowest BCUT2D eigenvalue weighted by Crippen LogP contribution is -2.42. The highest BCUT2D eigenvalue weighted by molar-refractivity contribution is 5.35. The van der Waals surface area contributed by atoms with E-state index in [2.05, 4.69) is 10.2 Å². The first-order valence-electron chi connectivity index (χ1n) is 5.65. The van der Waals surface area contributed by atoms with Gasteiger partial charge < -0.3 is 10.1 Å². The van der Waals surface area contributed by atoms with E-state index >= 15 is 0 Å². The van der Waals surface area contributed by atoms with Crippen molar-refractivity contribution in [3.63, 3.8) is 0 Å². The van der Waals surface area contributed by atoms with E-state index in [1.165, 1.54) is 13.2 Å². The Hall–Kier alpha value is -1.20. The molecule has 0 amide bonds. The van der Waals surface area contributed by atoms with Crippen molar-refractivity contribution >= 4 is 0 Å². The van der Waals surface area contributed by atoms with Gasteiger partial charge in [-0.25, -0.2) is 8.78 Å². The zero-order valence-electron chi connectivity index (χ0n) is 9.80. The van der Waals surface area contributed by atoms with Crippen LogP contribution < -0.4 is 10.1 Å². The first-order valence-corrected chi connectivity index (χ1v) is 5.65. The normalized spacial score (nSPS) is 17.1. The molecule has 5 heteroatoms. The maximum Gasteiger partial charge on any atom is 0.168 e. The van der Waals surface area contributed by atoms with E-state index in [0.717, 1.165) is 32.2 Å². The molecule has 1 aliphatic rings. The van der Waals surface area contributed by atoms with Crippen molar-refractivity contribution in [2.24, 2.45) is 0 Å². The fourth-order valence-electron chi connectivity index (χ4n) is 2.07. The molecule has 0 aromatic heterocycles. The summed E-state index contributed by atoms with van der Waals surface area (Å²) in [5.74, 6) is -1.06. The highest BCUT2D eigenvalue weighted by atomic mass is 19.1. The number of piperazine rings is 1. The average molecular weight is 242 g/mol. The Balaban J connectivity index is 2.18. The summed E-state index contributed by atoms with van der Waals surface area (Å²) in [4.78, 5) is 2.15. The highest BCUT2D eigenvalue weighted by Crippen LogP contribution is 2.25. The maximum absolute atomic E-state index is 13.5. The first-order chi connectivity index (χ1) is 8.20. The van der Waals surface area contributed by atoms with E-state index in [4.69, 9.17) is 4.74 Å². The molecule has 1 aromatic carbocycles. The smallest absolute Gasteiger partial charge is 0.168 e. The van der Waals surface area contributed by atoms with E-state index in [-0.39, 0.29) is 5.75 Å². The molecule has 1 heterocycles. The molecule has 1 saturated heterocycles. The van der Waals surface area contributed by atoms with Crippen LogP contribution in [0.2, 0.25) is 0 Å². The van der Waals surface area contributed by atoms with E-state index in [1.54, 1.807) is 0 Å². The Morgan fingerprint density at radius 2 is 2.00 bits per heavy atom. The van der Waals surface area contributed by atoms with E-state index < -0.39 is 11.6 Å². The number of hydrogen-bond donors (Lipinski definition) is 1. The molecule has 0 radical (unpaired) electrons. The van der Waals surface area contributed by atoms with Crippen molar-refractivity contribution in [2.75, 3.05) is 33.3 Å². The molecule has 0 saturated carbocycles. The van der Waals surface area contributed by atoms with Gasteiger partial charge in [0.15, 0.2) is 11.6 Å². The third kappa shape index (κ3) is 2.92. The van der Waals surface area contributed by atoms with E-state index in [0.29, 0.717) is 12.1 Å². The third-order valence-electron chi connectivity index (χ3n) is 2.89. The molecular weight excluding hydrogens is 226 g/mol. The third-order valence-corrected chi connectivity index (χ3v) is 2.89. The van der Waals surface area contributed by atoms with Gasteiger partial charge in [-0.3, -0.25) is 4.90 Å². The molecule has 1 N–H and O–H groups in total. The Bertz CT molecular complexity index is 392. The van der Waals surface area contributed by atoms with Crippen LogP contribution in [0, 0.1) is 11.6 Å². The summed E-state index contributed by atoms with van der Waals surface area (Å²) >= 11 is 0. The fourth-order valence-corrected chi connectivity index (χ4v) is 2.07. The Kier molecular flexibility index (Phi) is 3.91. The summed E-state index contributed by atoms with van der Waals surface area (Å²) in [6.45, 7) is 4.07. The Morgan fingerprint density at radius 3 is 2.65 bits per heavy atom. The van der Waals surface area contributed by atoms with Crippen LogP contribution in [0.4, 0.5) is 8.78 Å². The van der Waals surface area contributed by atoms with Crippen LogP contribution in [0.3, 0.4) is 0 Å². The minimum Gasteiger partial charge on any atom is -0.493 e. The molecule has 0 unspecified atom stereocenters. The second kappa shape index (κ2) is 5.42. The van der Waals surface area contributed by atoms with Crippen LogP contribution >= 0.6 is 0 Å². The summed E-state index contributed by atoms with van der Waals surface area (Å²) in [7, 11) is 1.40. The lowest BCUT2D eigenvalue weighted by Gasteiger charge is -2.27. The number of halogens is 2. The van der Waals surface area contributed by atoms with Gasteiger partial charge in [0.05, 0.1) is 7.11 Å². The summed E-state index contributed by atoms with van der Waals surface area (Å²) in [6.07, 6.45) is 0. The second-order valence-electron chi connectivity index (χ2n) is 4.11. The van der Waals surface area contributed by atoms with Crippen LogP contribution in [0.5, 0.6) is 5.75 Å². The van der Waals surface area contributed by atoms with Gasteiger partial charge in [0.25, 0.3) is 0 Å². The number of hydrogen-bond acceptors (Lipinski definition) is 3. The summed E-state index contributed by atoms with van der Waals surface area (Å²) in [5, 5.41) is 3.23. The van der Waals surface area contributed by atoms with Crippen LogP contribution in [-0.4, -0.2) is 38.2 Å². The zero-order valence-corrected chi connectivity index (χ0v) is 9.80. The van der Waals surface area contributed by atoms with Crippen LogP contribution in [-0.2, 0) is 6.54 Å². The molecule has 0 aliphatic carbocycles. The van der Waals surface area contributed by atoms with Crippen molar-refractivity contribution in [3.8, 4) is 5.75 Å². The molecule has 1 fully saturated rings. The number of methoxy groups -OCH3 is 1. The summed E-state index contributed by atoms with van der Waals surface area (Å²) in [5.41, 5.74) is 0.562. The zero-order chi connectivity index (χ0) is 12.3. The molecule has 1 aliphatic heterocycles. The highest BCUT2D eigenvalue weighted by Gasteiger charge is 2.16. The molecular formula is C12H16F2N2O. The minimum atomic E-state index is -0.641. The van der Waals surface area contributed by atoms with Crippen molar-refractivity contribution < 1.29 is 13.5 Å². The predicted molar refractivity (Wildman–Crippen MR) is 61.1 cm³/mol. The quantitative estimate of drug-likeness (QED) is 0.866. The number of ether oxygens (including phenoxy) is 1. The fraction of sp³-hybridized carbons (Fsp3) is 0.500. The molecule has 0 bridgehead atoms. The molecule has 3 nitrogen and oxygen atoms in total. The molecule has 2 rings (SSSR count). The standard InChI is InChI=1S/C12H16F2N2O/c1-17-12-9(6-10(13)7-11(12)14)8-16-4-2-15-3-5-16/h6-7,15H,2-5,8H2,1H3. The van der Waals surface area contributed by atoms with Crippen LogP contribution in [0.25, 0.3) is 0 Å². The van der Waals surface area contributed by atoms with Crippen molar-refractivity contribution in [3.05, 3.63) is 29.3 Å². The van der Waals surface area contributed by atoms with Gasteiger partial charge in [-0.2, -0.15) is 0 Å². The first kappa shape index (κ1) is 12.3. The number of rotatable bonds is 3. The number of benzene rings is 1. The summed E-state index contributed by atoms with van der Waals surface area (Å²) < 4.78 is 31.6. The average Bonchev–Trinajstić information content (AvgIpc) is 2.30. The van der Waals surface area contributed by atoms with Crippen molar-refractivity contribution in [2.45, 2.75) is 6.54 Å². The van der Waals surface area contributed by atoms with Gasteiger partial charge in [0.1, 0.15) is 5.82 Å². The van der Waals surface area contributed by atoms with E-state index in [1.807, 2.05) is 0 Å². The monoisotopic (exact) mass is 242 g/mol. The SMILES string of the molecule is COc1c(F)cc(F)cc1CN1CCNCC1. The van der Waals surface area contributed by atoms with Crippen LogP contribution in [0.15, 0.2) is 12.1 Å². The lowest BCUT2D eigenvalue weighted by atomic mass is 10.1. The number of nitrogens with zero attached hydrogens (tertiary/aromatic N) is 1. The predicted octanol–water partition coefficient (Wildman–Crippen LogP) is 1.38. The molecule has 17 heavy (non-hydrogen) atoms. The lowest BCUT2D eigenvalue weighted by molar-refractivity contribution is 0.228. The van der Waals surface area contributed by atoms with Gasteiger partial charge in [-0.1, -0.05) is 0 Å². The largest absolute Gasteiger partial charge is 0.493 e. The van der Waals surface area contributed by atoms with E-state index in [9.17, 15) is 8.78 Å². The van der Waals surface area contributed by atoms with Gasteiger partial charge in [0, 0.05) is 44.4 Å². The summed E-state index contributed by atoms with van der Waals surface area (Å²) in [6, 6.07) is 2.18.